The standard InChI is InChI=1S/C23H42N2O4Si2/c1-20(2,3)30(8,9)28-22(19(26)27-7)14-12-13-18(15-22)23(16-24,17-25)29-31(10,11)21(4,5)6/h18H,12-15H2,1-11H3. The van der Waals surface area contributed by atoms with E-state index in [9.17, 15) is 15.3 Å². The fourth-order valence-corrected chi connectivity index (χ4v) is 6.54. The van der Waals surface area contributed by atoms with Gasteiger partial charge in [-0.2, -0.15) is 10.5 Å². The summed E-state index contributed by atoms with van der Waals surface area (Å²) in [4.78, 5) is 13.1. The summed E-state index contributed by atoms with van der Waals surface area (Å²) >= 11 is 0. The number of ether oxygens (including phenoxy) is 1. The molecule has 0 radical (unpaired) electrons. The second-order valence-corrected chi connectivity index (χ2v) is 21.4. The Hall–Kier alpha value is -1.20. The van der Waals surface area contributed by atoms with Crippen LogP contribution in [0.4, 0.5) is 0 Å². The topological polar surface area (TPSA) is 92.3 Å². The van der Waals surface area contributed by atoms with Crippen LogP contribution in [0.5, 0.6) is 0 Å². The summed E-state index contributed by atoms with van der Waals surface area (Å²) in [5.41, 5.74) is -2.77. The van der Waals surface area contributed by atoms with Gasteiger partial charge < -0.3 is 13.6 Å². The molecule has 0 saturated heterocycles. The Morgan fingerprint density at radius 3 is 1.84 bits per heavy atom. The van der Waals surface area contributed by atoms with Gasteiger partial charge in [0.15, 0.2) is 22.2 Å². The fraction of sp³-hybridized carbons (Fsp3) is 0.870. The number of nitriles is 2. The predicted octanol–water partition coefficient (Wildman–Crippen LogP) is 5.92. The van der Waals surface area contributed by atoms with E-state index in [-0.39, 0.29) is 16.5 Å². The second kappa shape index (κ2) is 8.98. The van der Waals surface area contributed by atoms with E-state index in [1.54, 1.807) is 0 Å². The lowest BCUT2D eigenvalue weighted by Gasteiger charge is -2.49. The molecular formula is C23H42N2O4Si2. The van der Waals surface area contributed by atoms with Crippen LogP contribution in [0.3, 0.4) is 0 Å². The minimum absolute atomic E-state index is 0.0971. The highest BCUT2D eigenvalue weighted by Gasteiger charge is 2.57. The van der Waals surface area contributed by atoms with Crippen molar-refractivity contribution in [1.29, 1.82) is 10.5 Å². The summed E-state index contributed by atoms with van der Waals surface area (Å²) in [5, 5.41) is 20.1. The van der Waals surface area contributed by atoms with Crippen molar-refractivity contribution in [2.75, 3.05) is 7.11 Å². The number of carbonyl (C=O) groups is 1. The first kappa shape index (κ1) is 27.8. The van der Waals surface area contributed by atoms with E-state index in [1.807, 2.05) is 13.1 Å². The van der Waals surface area contributed by atoms with Crippen molar-refractivity contribution in [3.8, 4) is 12.1 Å². The number of hydrogen-bond acceptors (Lipinski definition) is 6. The Balaban J connectivity index is 3.46. The van der Waals surface area contributed by atoms with Gasteiger partial charge in [0.1, 0.15) is 12.1 Å². The van der Waals surface area contributed by atoms with Gasteiger partial charge in [0.05, 0.1) is 7.11 Å². The van der Waals surface area contributed by atoms with Crippen molar-refractivity contribution in [3.05, 3.63) is 0 Å². The Morgan fingerprint density at radius 2 is 1.45 bits per heavy atom. The molecule has 176 valence electrons. The van der Waals surface area contributed by atoms with Crippen LogP contribution < -0.4 is 0 Å². The molecule has 1 rings (SSSR count). The zero-order valence-electron chi connectivity index (χ0n) is 21.4. The summed E-state index contributed by atoms with van der Waals surface area (Å²) in [7, 11) is -3.37. The summed E-state index contributed by atoms with van der Waals surface area (Å²) < 4.78 is 18.3. The Bertz CT molecular complexity index is 739. The van der Waals surface area contributed by atoms with E-state index in [2.05, 4.69) is 66.8 Å². The number of methoxy groups -OCH3 is 1. The van der Waals surface area contributed by atoms with Gasteiger partial charge in [-0.25, -0.2) is 4.79 Å². The summed E-state index contributed by atoms with van der Waals surface area (Å²) in [5.74, 6) is -0.853. The lowest BCUT2D eigenvalue weighted by atomic mass is 9.71. The molecule has 1 aliphatic rings. The molecule has 2 atom stereocenters. The quantitative estimate of drug-likeness (QED) is 0.356. The van der Waals surface area contributed by atoms with Gasteiger partial charge in [-0.15, -0.1) is 0 Å². The Kier molecular flexibility index (Phi) is 8.06. The number of esters is 1. The molecule has 1 aliphatic carbocycles. The number of carbonyl (C=O) groups excluding carboxylic acids is 1. The number of hydrogen-bond donors (Lipinski definition) is 0. The molecule has 31 heavy (non-hydrogen) atoms. The molecule has 0 aromatic carbocycles. The minimum atomic E-state index is -2.42. The Morgan fingerprint density at radius 1 is 0.968 bits per heavy atom. The zero-order chi connectivity index (χ0) is 24.5. The lowest BCUT2D eigenvalue weighted by Crippen LogP contribution is -2.59. The highest BCUT2D eigenvalue weighted by Crippen LogP contribution is 2.49. The van der Waals surface area contributed by atoms with Crippen LogP contribution in [0.25, 0.3) is 0 Å². The van der Waals surface area contributed by atoms with Crippen LogP contribution in [-0.2, 0) is 18.4 Å². The number of rotatable bonds is 6. The van der Waals surface area contributed by atoms with Crippen LogP contribution in [0.2, 0.25) is 36.3 Å². The molecule has 8 heteroatoms. The van der Waals surface area contributed by atoms with Crippen molar-refractivity contribution < 1.29 is 18.4 Å². The molecule has 0 amide bonds. The normalized spacial score (nSPS) is 23.6. The third kappa shape index (κ3) is 5.60. The van der Waals surface area contributed by atoms with E-state index >= 15 is 0 Å². The summed E-state index contributed by atoms with van der Waals surface area (Å²) in [6.45, 7) is 20.9. The van der Waals surface area contributed by atoms with Crippen LogP contribution in [0.1, 0.15) is 67.2 Å². The average molecular weight is 467 g/mol. The van der Waals surface area contributed by atoms with Crippen LogP contribution in [0.15, 0.2) is 0 Å². The van der Waals surface area contributed by atoms with Crippen molar-refractivity contribution >= 4 is 22.6 Å². The molecule has 0 spiro atoms. The molecule has 2 unspecified atom stereocenters. The first-order valence-electron chi connectivity index (χ1n) is 11.1. The monoisotopic (exact) mass is 466 g/mol. The summed E-state index contributed by atoms with van der Waals surface area (Å²) in [6, 6.07) is 4.41. The maximum absolute atomic E-state index is 13.1. The maximum atomic E-state index is 13.1. The third-order valence-corrected chi connectivity index (χ3v) is 16.6. The summed E-state index contributed by atoms with van der Waals surface area (Å²) in [6.07, 6.45) is 2.08. The average Bonchev–Trinajstić information content (AvgIpc) is 2.63. The van der Waals surface area contributed by atoms with Crippen molar-refractivity contribution in [2.45, 2.75) is 115 Å². The van der Waals surface area contributed by atoms with Crippen molar-refractivity contribution in [2.24, 2.45) is 5.92 Å². The molecule has 0 aromatic rings. The highest BCUT2D eigenvalue weighted by atomic mass is 28.4. The highest BCUT2D eigenvalue weighted by molar-refractivity contribution is 6.74. The SMILES string of the molecule is COC(=O)C1(O[Si](C)(C)C(C)(C)C)CCCC(C(C#N)(C#N)O[Si](C)(C)C(C)(C)C)C1. The first-order chi connectivity index (χ1) is 13.8. The molecule has 1 saturated carbocycles. The minimum Gasteiger partial charge on any atom is -0.467 e. The maximum Gasteiger partial charge on any atom is 0.336 e. The molecule has 6 nitrogen and oxygen atoms in total. The van der Waals surface area contributed by atoms with Gasteiger partial charge in [0.25, 0.3) is 0 Å². The van der Waals surface area contributed by atoms with E-state index in [0.29, 0.717) is 19.3 Å². The molecule has 0 aromatic heterocycles. The fourth-order valence-electron chi connectivity index (χ4n) is 3.62. The van der Waals surface area contributed by atoms with Gasteiger partial charge in [0.2, 0.25) is 5.60 Å². The smallest absolute Gasteiger partial charge is 0.336 e. The first-order valence-corrected chi connectivity index (χ1v) is 17.0. The van der Waals surface area contributed by atoms with Crippen molar-refractivity contribution in [1.82, 2.24) is 0 Å². The lowest BCUT2D eigenvalue weighted by molar-refractivity contribution is -0.167. The van der Waals surface area contributed by atoms with Crippen LogP contribution in [0, 0.1) is 28.6 Å². The van der Waals surface area contributed by atoms with E-state index in [1.165, 1.54) is 7.11 Å². The van der Waals surface area contributed by atoms with Gasteiger partial charge in [0, 0.05) is 5.92 Å². The van der Waals surface area contributed by atoms with Crippen molar-refractivity contribution in [3.63, 3.8) is 0 Å². The predicted molar refractivity (Wildman–Crippen MR) is 127 cm³/mol. The van der Waals surface area contributed by atoms with Gasteiger partial charge >= 0.3 is 5.97 Å². The van der Waals surface area contributed by atoms with E-state index in [4.69, 9.17) is 13.6 Å². The van der Waals surface area contributed by atoms with E-state index < -0.39 is 39.7 Å². The molecule has 0 N–H and O–H groups in total. The third-order valence-electron chi connectivity index (χ3n) is 7.65. The molecule has 0 aliphatic heterocycles. The van der Waals surface area contributed by atoms with Gasteiger partial charge in [-0.3, -0.25) is 0 Å². The van der Waals surface area contributed by atoms with Gasteiger partial charge in [-0.05, 0) is 61.9 Å². The molecule has 0 heterocycles. The van der Waals surface area contributed by atoms with Crippen LogP contribution in [-0.4, -0.2) is 40.9 Å². The molecular weight excluding hydrogens is 424 g/mol. The number of nitrogens with zero attached hydrogens (tertiary/aromatic N) is 2. The largest absolute Gasteiger partial charge is 0.467 e. The second-order valence-electron chi connectivity index (χ2n) is 12.0. The molecule has 1 fully saturated rings. The van der Waals surface area contributed by atoms with Crippen LogP contribution >= 0.6 is 0 Å². The van der Waals surface area contributed by atoms with E-state index in [0.717, 1.165) is 0 Å². The Labute approximate surface area is 191 Å². The zero-order valence-corrected chi connectivity index (χ0v) is 23.4. The molecule has 0 bridgehead atoms. The van der Waals surface area contributed by atoms with Gasteiger partial charge in [-0.1, -0.05) is 41.5 Å².